The van der Waals surface area contributed by atoms with Gasteiger partial charge >= 0.3 is 0 Å². The highest BCUT2D eigenvalue weighted by atomic mass is 79.9. The largest absolute Gasteiger partial charge is 0.397 e. The first-order chi connectivity index (χ1) is 9.40. The summed E-state index contributed by atoms with van der Waals surface area (Å²) in [5, 5.41) is 0.646. The Morgan fingerprint density at radius 3 is 2.55 bits per heavy atom. The molecule has 3 nitrogen and oxygen atoms in total. The number of nitrogen functional groups attached to an aromatic ring is 1. The lowest BCUT2D eigenvalue weighted by molar-refractivity contribution is 0.0993. The average Bonchev–Trinajstić information content (AvgIpc) is 2.40. The molecule has 0 aliphatic heterocycles. The molecule has 0 atom stereocenters. The standard InChI is InChI=1S/C15H14BrClN2O/c1-9-7-10(3-5-12(9)17)15(20)19(2)14-6-4-11(16)8-13(14)18/h3-8H,18H2,1-2H3. The lowest BCUT2D eigenvalue weighted by atomic mass is 10.1. The topological polar surface area (TPSA) is 46.3 Å². The van der Waals surface area contributed by atoms with Crippen LogP contribution in [-0.4, -0.2) is 13.0 Å². The molecular weight excluding hydrogens is 340 g/mol. The number of halogens is 2. The quantitative estimate of drug-likeness (QED) is 0.820. The zero-order chi connectivity index (χ0) is 14.9. The van der Waals surface area contributed by atoms with Crippen LogP contribution in [0.15, 0.2) is 40.9 Å². The number of rotatable bonds is 2. The second-order valence-corrected chi connectivity index (χ2v) is 5.85. The highest BCUT2D eigenvalue weighted by Crippen LogP contribution is 2.27. The second kappa shape index (κ2) is 5.85. The van der Waals surface area contributed by atoms with Crippen LogP contribution in [0.25, 0.3) is 0 Å². The van der Waals surface area contributed by atoms with Gasteiger partial charge in [0.2, 0.25) is 0 Å². The summed E-state index contributed by atoms with van der Waals surface area (Å²) in [5.74, 6) is -0.126. The van der Waals surface area contributed by atoms with Crippen molar-refractivity contribution in [3.8, 4) is 0 Å². The van der Waals surface area contributed by atoms with E-state index in [0.29, 0.717) is 22.0 Å². The van der Waals surface area contributed by atoms with Gasteiger partial charge in [0, 0.05) is 22.1 Å². The van der Waals surface area contributed by atoms with E-state index >= 15 is 0 Å². The third-order valence-corrected chi connectivity index (χ3v) is 3.98. The number of amides is 1. The van der Waals surface area contributed by atoms with E-state index in [4.69, 9.17) is 17.3 Å². The van der Waals surface area contributed by atoms with Crippen molar-refractivity contribution in [2.24, 2.45) is 0 Å². The van der Waals surface area contributed by atoms with Crippen LogP contribution in [0.1, 0.15) is 15.9 Å². The molecule has 1 amide bonds. The molecule has 0 radical (unpaired) electrons. The first kappa shape index (κ1) is 14.9. The molecule has 5 heteroatoms. The van der Waals surface area contributed by atoms with Gasteiger partial charge in [0.1, 0.15) is 0 Å². The van der Waals surface area contributed by atoms with Crippen molar-refractivity contribution < 1.29 is 4.79 Å². The molecule has 0 fully saturated rings. The van der Waals surface area contributed by atoms with Crippen molar-refractivity contribution in [2.75, 3.05) is 17.7 Å². The average molecular weight is 354 g/mol. The molecule has 104 valence electrons. The van der Waals surface area contributed by atoms with Crippen LogP contribution in [-0.2, 0) is 0 Å². The number of carbonyl (C=O) groups excluding carboxylic acids is 1. The van der Waals surface area contributed by atoms with Crippen LogP contribution >= 0.6 is 27.5 Å². The summed E-state index contributed by atoms with van der Waals surface area (Å²) in [5.41, 5.74) is 8.61. The van der Waals surface area contributed by atoms with Gasteiger partial charge in [-0.1, -0.05) is 27.5 Å². The summed E-state index contributed by atoms with van der Waals surface area (Å²) >= 11 is 9.32. The van der Waals surface area contributed by atoms with E-state index in [-0.39, 0.29) is 5.91 Å². The molecule has 2 aromatic rings. The Morgan fingerprint density at radius 1 is 1.25 bits per heavy atom. The summed E-state index contributed by atoms with van der Waals surface area (Å²) < 4.78 is 0.877. The first-order valence-corrected chi connectivity index (χ1v) is 7.16. The maximum absolute atomic E-state index is 12.5. The summed E-state index contributed by atoms with van der Waals surface area (Å²) in [4.78, 5) is 14.0. The molecule has 0 saturated heterocycles. The van der Waals surface area contributed by atoms with Crippen LogP contribution in [0.4, 0.5) is 11.4 Å². The van der Waals surface area contributed by atoms with Gasteiger partial charge in [-0.3, -0.25) is 4.79 Å². The van der Waals surface area contributed by atoms with Gasteiger partial charge < -0.3 is 10.6 Å². The molecule has 20 heavy (non-hydrogen) atoms. The molecule has 0 aliphatic carbocycles. The number of hydrogen-bond acceptors (Lipinski definition) is 2. The summed E-state index contributed by atoms with van der Waals surface area (Å²) in [7, 11) is 1.70. The third kappa shape index (κ3) is 2.97. The monoisotopic (exact) mass is 352 g/mol. The van der Waals surface area contributed by atoms with Crippen LogP contribution in [0.5, 0.6) is 0 Å². The molecule has 0 bridgehead atoms. The lowest BCUT2D eigenvalue weighted by Gasteiger charge is -2.19. The number of carbonyl (C=O) groups is 1. The molecule has 0 aliphatic rings. The molecule has 0 saturated carbocycles. The maximum Gasteiger partial charge on any atom is 0.258 e. The van der Waals surface area contributed by atoms with Crippen molar-refractivity contribution in [1.29, 1.82) is 0 Å². The van der Waals surface area contributed by atoms with E-state index in [1.54, 1.807) is 37.4 Å². The Balaban J connectivity index is 2.34. The lowest BCUT2D eigenvalue weighted by Crippen LogP contribution is -2.27. The van der Waals surface area contributed by atoms with Crippen molar-refractivity contribution in [3.05, 3.63) is 57.0 Å². The second-order valence-electron chi connectivity index (χ2n) is 4.53. The van der Waals surface area contributed by atoms with Crippen LogP contribution in [0.2, 0.25) is 5.02 Å². The first-order valence-electron chi connectivity index (χ1n) is 5.99. The number of nitrogens with two attached hydrogens (primary N) is 1. The van der Waals surface area contributed by atoms with E-state index < -0.39 is 0 Å². The van der Waals surface area contributed by atoms with Gasteiger partial charge in [-0.15, -0.1) is 0 Å². The van der Waals surface area contributed by atoms with Gasteiger partial charge in [0.25, 0.3) is 5.91 Å². The Bertz CT molecular complexity index is 673. The predicted molar refractivity (Wildman–Crippen MR) is 87.5 cm³/mol. The molecule has 2 rings (SSSR count). The number of aryl methyl sites for hydroxylation is 1. The fourth-order valence-electron chi connectivity index (χ4n) is 1.91. The van der Waals surface area contributed by atoms with E-state index in [1.807, 2.05) is 13.0 Å². The van der Waals surface area contributed by atoms with Crippen molar-refractivity contribution >= 4 is 44.8 Å². The summed E-state index contributed by atoms with van der Waals surface area (Å²) in [6, 6.07) is 10.6. The molecule has 0 heterocycles. The van der Waals surface area contributed by atoms with Crippen molar-refractivity contribution in [2.45, 2.75) is 6.92 Å². The van der Waals surface area contributed by atoms with Gasteiger partial charge in [-0.05, 0) is 48.9 Å². The minimum absolute atomic E-state index is 0.126. The van der Waals surface area contributed by atoms with E-state index in [2.05, 4.69) is 15.9 Å². The van der Waals surface area contributed by atoms with Crippen LogP contribution < -0.4 is 10.6 Å². The third-order valence-electron chi connectivity index (χ3n) is 3.06. The Morgan fingerprint density at radius 2 is 1.95 bits per heavy atom. The molecule has 0 aromatic heterocycles. The van der Waals surface area contributed by atoms with Crippen LogP contribution in [0.3, 0.4) is 0 Å². The molecule has 0 spiro atoms. The van der Waals surface area contributed by atoms with E-state index in [1.165, 1.54) is 4.90 Å². The minimum Gasteiger partial charge on any atom is -0.397 e. The number of nitrogens with zero attached hydrogens (tertiary/aromatic N) is 1. The number of anilines is 2. The number of benzene rings is 2. The molecule has 0 unspecified atom stereocenters. The van der Waals surface area contributed by atoms with Gasteiger partial charge in [-0.2, -0.15) is 0 Å². The predicted octanol–water partition coefficient (Wildman–Crippen LogP) is 4.27. The van der Waals surface area contributed by atoms with Gasteiger partial charge in [0.05, 0.1) is 11.4 Å². The Kier molecular flexibility index (Phi) is 4.35. The van der Waals surface area contributed by atoms with E-state index in [9.17, 15) is 4.79 Å². The highest BCUT2D eigenvalue weighted by Gasteiger charge is 2.16. The fourth-order valence-corrected chi connectivity index (χ4v) is 2.41. The molecule has 2 aromatic carbocycles. The highest BCUT2D eigenvalue weighted by molar-refractivity contribution is 9.10. The number of hydrogen-bond donors (Lipinski definition) is 1. The minimum atomic E-state index is -0.126. The maximum atomic E-state index is 12.5. The van der Waals surface area contributed by atoms with Crippen molar-refractivity contribution in [3.63, 3.8) is 0 Å². The summed E-state index contributed by atoms with van der Waals surface area (Å²) in [6.07, 6.45) is 0. The van der Waals surface area contributed by atoms with Crippen molar-refractivity contribution in [1.82, 2.24) is 0 Å². The van der Waals surface area contributed by atoms with E-state index in [0.717, 1.165) is 10.0 Å². The Labute approximate surface area is 131 Å². The SMILES string of the molecule is Cc1cc(C(=O)N(C)c2ccc(Br)cc2N)ccc1Cl. The molecular formula is C15H14BrClN2O. The zero-order valence-electron chi connectivity index (χ0n) is 11.2. The zero-order valence-corrected chi connectivity index (χ0v) is 13.5. The van der Waals surface area contributed by atoms with Gasteiger partial charge in [0.15, 0.2) is 0 Å². The molecule has 2 N–H and O–H groups in total. The summed E-state index contributed by atoms with van der Waals surface area (Å²) in [6.45, 7) is 1.87. The van der Waals surface area contributed by atoms with Crippen LogP contribution in [0, 0.1) is 6.92 Å². The Hall–Kier alpha value is -1.52. The smallest absolute Gasteiger partial charge is 0.258 e. The normalized spacial score (nSPS) is 10.4. The fraction of sp³-hybridized carbons (Fsp3) is 0.133. The van der Waals surface area contributed by atoms with Gasteiger partial charge in [-0.25, -0.2) is 0 Å².